The van der Waals surface area contributed by atoms with Crippen LogP contribution in [0.1, 0.15) is 25.8 Å². The quantitative estimate of drug-likeness (QED) is 0.770. The van der Waals surface area contributed by atoms with E-state index in [-0.39, 0.29) is 0 Å². The van der Waals surface area contributed by atoms with E-state index in [9.17, 15) is 0 Å². The molecule has 1 heterocycles. The number of anilines is 1. The number of para-hydroxylation sites is 1. The van der Waals surface area contributed by atoms with E-state index in [0.29, 0.717) is 0 Å². The van der Waals surface area contributed by atoms with Gasteiger partial charge in [-0.05, 0) is 37.6 Å². The van der Waals surface area contributed by atoms with Crippen molar-refractivity contribution in [1.82, 2.24) is 4.90 Å². The van der Waals surface area contributed by atoms with Gasteiger partial charge in [-0.3, -0.25) is 0 Å². The van der Waals surface area contributed by atoms with Crippen molar-refractivity contribution in [3.63, 3.8) is 0 Å². The van der Waals surface area contributed by atoms with Gasteiger partial charge in [0, 0.05) is 25.3 Å². The van der Waals surface area contributed by atoms with Gasteiger partial charge in [-0.1, -0.05) is 32.0 Å². The SMILES string of the molecule is CCN(CC)CCN1CCCc2ccccc21. The topological polar surface area (TPSA) is 6.48 Å². The zero-order chi connectivity index (χ0) is 12.1. The highest BCUT2D eigenvalue weighted by molar-refractivity contribution is 5.55. The molecule has 0 aliphatic carbocycles. The number of hydrogen-bond acceptors (Lipinski definition) is 2. The van der Waals surface area contributed by atoms with Crippen molar-refractivity contribution in [3.8, 4) is 0 Å². The summed E-state index contributed by atoms with van der Waals surface area (Å²) in [5.41, 5.74) is 2.99. The average molecular weight is 232 g/mol. The van der Waals surface area contributed by atoms with Gasteiger partial charge >= 0.3 is 0 Å². The van der Waals surface area contributed by atoms with Crippen LogP contribution in [0.3, 0.4) is 0 Å². The first-order valence-electron chi connectivity index (χ1n) is 6.90. The van der Waals surface area contributed by atoms with E-state index >= 15 is 0 Å². The summed E-state index contributed by atoms with van der Waals surface area (Å²) in [5.74, 6) is 0. The lowest BCUT2D eigenvalue weighted by atomic mass is 10.0. The fourth-order valence-electron chi connectivity index (χ4n) is 2.65. The predicted octanol–water partition coefficient (Wildman–Crippen LogP) is 2.78. The molecule has 0 saturated heterocycles. The van der Waals surface area contributed by atoms with Gasteiger partial charge in [0.1, 0.15) is 0 Å². The molecule has 0 amide bonds. The second kappa shape index (κ2) is 6.06. The fourth-order valence-corrected chi connectivity index (χ4v) is 2.65. The molecular weight excluding hydrogens is 208 g/mol. The van der Waals surface area contributed by atoms with Gasteiger partial charge in [-0.25, -0.2) is 0 Å². The van der Waals surface area contributed by atoms with Crippen LogP contribution in [0.25, 0.3) is 0 Å². The van der Waals surface area contributed by atoms with Crippen LogP contribution in [-0.2, 0) is 6.42 Å². The second-order valence-electron chi connectivity index (χ2n) is 4.75. The maximum atomic E-state index is 2.55. The molecule has 0 radical (unpaired) electrons. The summed E-state index contributed by atoms with van der Waals surface area (Å²) in [7, 11) is 0. The summed E-state index contributed by atoms with van der Waals surface area (Å²) in [5, 5.41) is 0. The molecule has 0 unspecified atom stereocenters. The molecule has 0 N–H and O–H groups in total. The van der Waals surface area contributed by atoms with Crippen LogP contribution in [0, 0.1) is 0 Å². The lowest BCUT2D eigenvalue weighted by Crippen LogP contribution is -2.37. The monoisotopic (exact) mass is 232 g/mol. The minimum Gasteiger partial charge on any atom is -0.370 e. The van der Waals surface area contributed by atoms with Crippen molar-refractivity contribution in [2.45, 2.75) is 26.7 Å². The fraction of sp³-hybridized carbons (Fsp3) is 0.600. The van der Waals surface area contributed by atoms with E-state index in [1.165, 1.54) is 43.7 Å². The first-order valence-corrected chi connectivity index (χ1v) is 6.90. The molecule has 0 saturated carbocycles. The predicted molar refractivity (Wildman–Crippen MR) is 74.8 cm³/mol. The number of fused-ring (bicyclic) bond motifs is 1. The van der Waals surface area contributed by atoms with E-state index < -0.39 is 0 Å². The average Bonchev–Trinajstić information content (AvgIpc) is 2.40. The van der Waals surface area contributed by atoms with Gasteiger partial charge in [0.2, 0.25) is 0 Å². The Kier molecular flexibility index (Phi) is 4.43. The zero-order valence-electron chi connectivity index (χ0n) is 11.2. The number of hydrogen-bond donors (Lipinski definition) is 0. The highest BCUT2D eigenvalue weighted by atomic mass is 15.2. The Morgan fingerprint density at radius 3 is 2.71 bits per heavy atom. The normalized spacial score (nSPS) is 15.1. The highest BCUT2D eigenvalue weighted by Gasteiger charge is 2.16. The molecule has 0 fully saturated rings. The summed E-state index contributed by atoms with van der Waals surface area (Å²) in [6.45, 7) is 10.4. The largest absolute Gasteiger partial charge is 0.370 e. The van der Waals surface area contributed by atoms with Crippen molar-refractivity contribution < 1.29 is 0 Å². The van der Waals surface area contributed by atoms with Gasteiger partial charge in [-0.2, -0.15) is 0 Å². The molecule has 2 rings (SSSR count). The molecule has 94 valence electrons. The lowest BCUT2D eigenvalue weighted by molar-refractivity contribution is 0.308. The molecule has 0 atom stereocenters. The van der Waals surface area contributed by atoms with E-state index in [1.54, 1.807) is 0 Å². The summed E-state index contributed by atoms with van der Waals surface area (Å²) >= 11 is 0. The summed E-state index contributed by atoms with van der Waals surface area (Å²) in [6.07, 6.45) is 2.55. The Bertz CT molecular complexity index is 345. The number of likely N-dealkylation sites (N-methyl/N-ethyl adjacent to an activating group) is 1. The molecule has 1 aliphatic rings. The van der Waals surface area contributed by atoms with Gasteiger partial charge in [-0.15, -0.1) is 0 Å². The van der Waals surface area contributed by atoms with Crippen molar-refractivity contribution in [3.05, 3.63) is 29.8 Å². The number of rotatable bonds is 5. The van der Waals surface area contributed by atoms with Gasteiger partial charge in [0.05, 0.1) is 0 Å². The third-order valence-corrected chi connectivity index (χ3v) is 3.79. The van der Waals surface area contributed by atoms with E-state index in [0.717, 1.165) is 13.1 Å². The van der Waals surface area contributed by atoms with Crippen LogP contribution < -0.4 is 4.90 Å². The van der Waals surface area contributed by atoms with Crippen LogP contribution in [0.5, 0.6) is 0 Å². The Balaban J connectivity index is 1.99. The third-order valence-electron chi connectivity index (χ3n) is 3.79. The van der Waals surface area contributed by atoms with Crippen molar-refractivity contribution in [2.24, 2.45) is 0 Å². The molecule has 17 heavy (non-hydrogen) atoms. The van der Waals surface area contributed by atoms with Crippen LogP contribution in [0.4, 0.5) is 5.69 Å². The van der Waals surface area contributed by atoms with Crippen molar-refractivity contribution in [1.29, 1.82) is 0 Å². The molecular formula is C15H24N2. The van der Waals surface area contributed by atoms with Crippen LogP contribution in [-0.4, -0.2) is 37.6 Å². The molecule has 1 aromatic rings. The minimum absolute atomic E-state index is 1.16. The van der Waals surface area contributed by atoms with Gasteiger partial charge in [0.15, 0.2) is 0 Å². The maximum absolute atomic E-state index is 2.55. The molecule has 0 spiro atoms. The van der Waals surface area contributed by atoms with E-state index in [2.05, 4.69) is 47.9 Å². The number of nitrogens with zero attached hydrogens (tertiary/aromatic N) is 2. The Labute approximate surface area is 105 Å². The molecule has 2 nitrogen and oxygen atoms in total. The summed E-state index contributed by atoms with van der Waals surface area (Å²) in [6, 6.07) is 8.87. The molecule has 0 bridgehead atoms. The van der Waals surface area contributed by atoms with Crippen molar-refractivity contribution in [2.75, 3.05) is 37.6 Å². The molecule has 2 heteroatoms. The number of benzene rings is 1. The second-order valence-corrected chi connectivity index (χ2v) is 4.75. The van der Waals surface area contributed by atoms with Gasteiger partial charge in [0.25, 0.3) is 0 Å². The Hall–Kier alpha value is -1.02. The first-order chi connectivity index (χ1) is 8.35. The molecule has 1 aromatic carbocycles. The van der Waals surface area contributed by atoms with E-state index in [4.69, 9.17) is 0 Å². The standard InChI is InChI=1S/C15H24N2/c1-3-16(4-2)12-13-17-11-7-9-14-8-5-6-10-15(14)17/h5-6,8,10H,3-4,7,9,11-13H2,1-2H3. The highest BCUT2D eigenvalue weighted by Crippen LogP contribution is 2.26. The third kappa shape index (κ3) is 3.01. The van der Waals surface area contributed by atoms with Crippen molar-refractivity contribution >= 4 is 5.69 Å². The van der Waals surface area contributed by atoms with Crippen LogP contribution in [0.15, 0.2) is 24.3 Å². The lowest BCUT2D eigenvalue weighted by Gasteiger charge is -2.33. The Morgan fingerprint density at radius 2 is 1.94 bits per heavy atom. The zero-order valence-corrected chi connectivity index (χ0v) is 11.2. The summed E-state index contributed by atoms with van der Waals surface area (Å²) in [4.78, 5) is 5.05. The van der Waals surface area contributed by atoms with Gasteiger partial charge < -0.3 is 9.80 Å². The number of aryl methyl sites for hydroxylation is 1. The van der Waals surface area contributed by atoms with Crippen LogP contribution >= 0.6 is 0 Å². The minimum atomic E-state index is 1.16. The molecule has 1 aliphatic heterocycles. The summed E-state index contributed by atoms with van der Waals surface area (Å²) < 4.78 is 0. The smallest absolute Gasteiger partial charge is 0.0399 e. The van der Waals surface area contributed by atoms with E-state index in [1.807, 2.05) is 0 Å². The van der Waals surface area contributed by atoms with Crippen LogP contribution in [0.2, 0.25) is 0 Å². The molecule has 0 aromatic heterocycles. The maximum Gasteiger partial charge on any atom is 0.0399 e. The first kappa shape index (κ1) is 12.4. The Morgan fingerprint density at radius 1 is 1.18 bits per heavy atom.